The van der Waals surface area contributed by atoms with Crippen molar-refractivity contribution in [2.75, 3.05) is 19.6 Å². The van der Waals surface area contributed by atoms with Gasteiger partial charge in [0.1, 0.15) is 5.69 Å². The molecule has 5 heteroatoms. The monoisotopic (exact) mass is 278 g/mol. The maximum atomic E-state index is 9.52. The highest BCUT2D eigenvalue weighted by atomic mass is 16.3. The van der Waals surface area contributed by atoms with Crippen molar-refractivity contribution in [1.82, 2.24) is 19.9 Å². The van der Waals surface area contributed by atoms with E-state index in [1.807, 2.05) is 0 Å². The van der Waals surface area contributed by atoms with Crippen LogP contribution in [0.1, 0.15) is 62.3 Å². The van der Waals surface area contributed by atoms with E-state index in [4.69, 9.17) is 0 Å². The van der Waals surface area contributed by atoms with Gasteiger partial charge in [0.2, 0.25) is 0 Å². The predicted octanol–water partition coefficient (Wildman–Crippen LogP) is 1.91. The Hall–Kier alpha value is -0.940. The first kappa shape index (κ1) is 14.0. The maximum absolute atomic E-state index is 9.52. The van der Waals surface area contributed by atoms with Crippen molar-refractivity contribution in [3.8, 4) is 0 Å². The fourth-order valence-electron chi connectivity index (χ4n) is 3.70. The third-order valence-electron chi connectivity index (χ3n) is 4.82. The first-order chi connectivity index (χ1) is 9.88. The molecule has 20 heavy (non-hydrogen) atoms. The average molecular weight is 278 g/mol. The van der Waals surface area contributed by atoms with Gasteiger partial charge >= 0.3 is 0 Å². The van der Waals surface area contributed by atoms with Gasteiger partial charge in [0, 0.05) is 12.5 Å². The highest BCUT2D eigenvalue weighted by Gasteiger charge is 2.24. The molecule has 0 radical (unpaired) electrons. The van der Waals surface area contributed by atoms with E-state index < -0.39 is 0 Å². The quantitative estimate of drug-likeness (QED) is 0.894. The van der Waals surface area contributed by atoms with E-state index in [-0.39, 0.29) is 6.61 Å². The van der Waals surface area contributed by atoms with Gasteiger partial charge in [-0.3, -0.25) is 0 Å². The van der Waals surface area contributed by atoms with Gasteiger partial charge in [0.05, 0.1) is 18.8 Å². The molecule has 0 aromatic carbocycles. The first-order valence-corrected chi connectivity index (χ1v) is 8.14. The molecular weight excluding hydrogens is 252 g/mol. The minimum Gasteiger partial charge on any atom is -0.390 e. The molecule has 1 aliphatic carbocycles. The Balaban J connectivity index is 1.70. The predicted molar refractivity (Wildman–Crippen MR) is 77.4 cm³/mol. The van der Waals surface area contributed by atoms with Gasteiger partial charge in [0.15, 0.2) is 0 Å². The Morgan fingerprint density at radius 2 is 1.75 bits per heavy atom. The van der Waals surface area contributed by atoms with Crippen molar-refractivity contribution >= 4 is 0 Å². The van der Waals surface area contributed by atoms with Crippen molar-refractivity contribution in [1.29, 1.82) is 0 Å². The molecule has 0 spiro atoms. The van der Waals surface area contributed by atoms with Crippen LogP contribution in [0.5, 0.6) is 0 Å². The van der Waals surface area contributed by atoms with Crippen molar-refractivity contribution < 1.29 is 5.11 Å². The fourth-order valence-corrected chi connectivity index (χ4v) is 3.70. The zero-order valence-electron chi connectivity index (χ0n) is 12.3. The second-order valence-corrected chi connectivity index (χ2v) is 6.19. The van der Waals surface area contributed by atoms with Crippen LogP contribution in [0.15, 0.2) is 0 Å². The number of aromatic nitrogens is 3. The molecule has 1 saturated carbocycles. The Bertz CT molecular complexity index is 420. The Labute approximate surface area is 121 Å². The summed E-state index contributed by atoms with van der Waals surface area (Å²) >= 11 is 0. The van der Waals surface area contributed by atoms with Gasteiger partial charge in [-0.25, -0.2) is 4.68 Å². The largest absolute Gasteiger partial charge is 0.390 e. The number of nitrogens with zero attached hydrogens (tertiary/aromatic N) is 4. The minimum atomic E-state index is 0.0234. The Morgan fingerprint density at radius 3 is 2.45 bits per heavy atom. The topological polar surface area (TPSA) is 54.2 Å². The normalized spacial score (nSPS) is 21.6. The summed E-state index contributed by atoms with van der Waals surface area (Å²) in [7, 11) is 0. The van der Waals surface area contributed by atoms with Crippen LogP contribution >= 0.6 is 0 Å². The lowest BCUT2D eigenvalue weighted by molar-refractivity contribution is 0.272. The van der Waals surface area contributed by atoms with Crippen LogP contribution < -0.4 is 0 Å². The number of hydrogen-bond acceptors (Lipinski definition) is 4. The molecule has 1 N–H and O–H groups in total. The van der Waals surface area contributed by atoms with Gasteiger partial charge in [0.25, 0.3) is 0 Å². The van der Waals surface area contributed by atoms with Crippen LogP contribution in [0.25, 0.3) is 0 Å². The lowest BCUT2D eigenvalue weighted by Crippen LogP contribution is -2.26. The van der Waals surface area contributed by atoms with Gasteiger partial charge < -0.3 is 10.0 Å². The van der Waals surface area contributed by atoms with E-state index in [0.29, 0.717) is 5.92 Å². The number of rotatable bonds is 5. The molecule has 1 aromatic rings. The van der Waals surface area contributed by atoms with E-state index in [9.17, 15) is 5.11 Å². The van der Waals surface area contributed by atoms with Crippen LogP contribution in [-0.2, 0) is 13.2 Å². The smallest absolute Gasteiger partial charge is 0.112 e. The van der Waals surface area contributed by atoms with Gasteiger partial charge in [-0.15, -0.1) is 5.10 Å². The summed E-state index contributed by atoms with van der Waals surface area (Å²) in [5.74, 6) is 0.555. The highest BCUT2D eigenvalue weighted by molar-refractivity contribution is 5.15. The summed E-state index contributed by atoms with van der Waals surface area (Å²) in [6.45, 7) is 4.45. The zero-order valence-corrected chi connectivity index (χ0v) is 12.3. The lowest BCUT2D eigenvalue weighted by Gasteiger charge is -2.23. The van der Waals surface area contributed by atoms with Gasteiger partial charge in [-0.05, 0) is 38.8 Å². The first-order valence-electron chi connectivity index (χ1n) is 8.14. The molecule has 0 bridgehead atoms. The molecule has 2 fully saturated rings. The lowest BCUT2D eigenvalue weighted by atomic mass is 9.86. The van der Waals surface area contributed by atoms with E-state index in [1.54, 1.807) is 0 Å². The fraction of sp³-hybridized carbons (Fsp3) is 0.867. The zero-order chi connectivity index (χ0) is 13.8. The van der Waals surface area contributed by atoms with Crippen LogP contribution in [0.2, 0.25) is 0 Å². The molecule has 112 valence electrons. The van der Waals surface area contributed by atoms with Crippen LogP contribution in [0.3, 0.4) is 0 Å². The molecule has 1 saturated heterocycles. The number of aliphatic hydroxyl groups excluding tert-OH is 1. The summed E-state index contributed by atoms with van der Waals surface area (Å²) < 4.78 is 2.07. The van der Waals surface area contributed by atoms with Crippen molar-refractivity contribution in [2.24, 2.45) is 0 Å². The van der Waals surface area contributed by atoms with Crippen molar-refractivity contribution in [2.45, 2.75) is 64.0 Å². The second kappa shape index (κ2) is 6.68. The van der Waals surface area contributed by atoms with E-state index >= 15 is 0 Å². The molecule has 0 atom stereocenters. The Morgan fingerprint density at radius 1 is 1.00 bits per heavy atom. The molecule has 2 aliphatic rings. The molecule has 5 nitrogen and oxygen atoms in total. The summed E-state index contributed by atoms with van der Waals surface area (Å²) in [5.41, 5.74) is 2.02. The molecular formula is C15H26N4O. The van der Waals surface area contributed by atoms with Crippen LogP contribution in [-0.4, -0.2) is 44.6 Å². The van der Waals surface area contributed by atoms with E-state index in [2.05, 4.69) is 19.9 Å². The molecule has 1 aliphatic heterocycles. The molecule has 0 amide bonds. The molecule has 3 rings (SSSR count). The van der Waals surface area contributed by atoms with Crippen LogP contribution in [0.4, 0.5) is 0 Å². The molecule has 2 heterocycles. The summed E-state index contributed by atoms with van der Waals surface area (Å²) in [5, 5.41) is 18.0. The third kappa shape index (κ3) is 3.04. The SMILES string of the molecule is OCc1nnn(CCN2CCCC2)c1C1CCCCC1. The Kier molecular flexibility index (Phi) is 4.68. The average Bonchev–Trinajstić information content (AvgIpc) is 3.15. The maximum Gasteiger partial charge on any atom is 0.112 e. The van der Waals surface area contributed by atoms with E-state index in [0.717, 1.165) is 18.8 Å². The number of aliphatic hydroxyl groups is 1. The van der Waals surface area contributed by atoms with Gasteiger partial charge in [-0.2, -0.15) is 0 Å². The number of hydrogen-bond donors (Lipinski definition) is 1. The van der Waals surface area contributed by atoms with Crippen molar-refractivity contribution in [3.63, 3.8) is 0 Å². The van der Waals surface area contributed by atoms with E-state index in [1.165, 1.54) is 63.7 Å². The minimum absolute atomic E-state index is 0.0234. The molecule has 0 unspecified atom stereocenters. The summed E-state index contributed by atoms with van der Waals surface area (Å²) in [4.78, 5) is 2.50. The molecule has 1 aromatic heterocycles. The van der Waals surface area contributed by atoms with Crippen molar-refractivity contribution in [3.05, 3.63) is 11.4 Å². The van der Waals surface area contributed by atoms with Crippen LogP contribution in [0, 0.1) is 0 Å². The summed E-state index contributed by atoms with van der Waals surface area (Å²) in [6.07, 6.45) is 9.05. The standard InChI is InChI=1S/C15H26N4O/c20-12-14-15(13-6-2-1-3-7-13)19(17-16-14)11-10-18-8-4-5-9-18/h13,20H,1-12H2. The third-order valence-corrected chi connectivity index (χ3v) is 4.82. The van der Waals surface area contributed by atoms with Gasteiger partial charge in [-0.1, -0.05) is 24.5 Å². The number of likely N-dealkylation sites (tertiary alicyclic amines) is 1. The highest BCUT2D eigenvalue weighted by Crippen LogP contribution is 2.33. The second-order valence-electron chi connectivity index (χ2n) is 6.19. The summed E-state index contributed by atoms with van der Waals surface area (Å²) in [6, 6.07) is 0.